The van der Waals surface area contributed by atoms with E-state index in [0.29, 0.717) is 13.1 Å². The predicted octanol–water partition coefficient (Wildman–Crippen LogP) is 3.81. The summed E-state index contributed by atoms with van der Waals surface area (Å²) in [7, 11) is 1.65. The number of nitrogens with zero attached hydrogens (tertiary/aromatic N) is 3. The number of hydrogen-bond donors (Lipinski definition) is 1. The fourth-order valence-electron chi connectivity index (χ4n) is 2.77. The van der Waals surface area contributed by atoms with E-state index in [-0.39, 0.29) is 0 Å². The topological polar surface area (TPSA) is 76.6 Å². The van der Waals surface area contributed by atoms with Crippen LogP contribution in [0.2, 0.25) is 0 Å². The molecule has 0 aliphatic rings. The number of para-hydroxylation sites is 1. The molecule has 0 saturated heterocycles. The molecule has 0 bridgehead atoms. The number of hydrogen-bond acceptors (Lipinski definition) is 6. The predicted molar refractivity (Wildman–Crippen MR) is 111 cm³/mol. The molecule has 1 aromatic heterocycles. The maximum Gasteiger partial charge on any atom is 0.407 e. The number of nitrogens with one attached hydrogen (secondary N) is 1. The van der Waals surface area contributed by atoms with Gasteiger partial charge in [0, 0.05) is 25.2 Å². The Labute approximate surface area is 167 Å². The Bertz CT molecular complexity index is 802. The Morgan fingerprint density at radius 1 is 1.21 bits per heavy atom. The van der Waals surface area contributed by atoms with E-state index in [0.717, 1.165) is 34.9 Å². The fourth-order valence-corrected chi connectivity index (χ4v) is 2.77. The van der Waals surface area contributed by atoms with Crippen molar-refractivity contribution in [3.05, 3.63) is 35.9 Å². The number of carbonyl (C=O) groups excluding carboxylic acids is 1. The molecule has 2 rings (SSSR count). The molecule has 7 heteroatoms. The van der Waals surface area contributed by atoms with Gasteiger partial charge in [-0.15, -0.1) is 10.2 Å². The lowest BCUT2D eigenvalue weighted by atomic mass is 10.1. The zero-order chi connectivity index (χ0) is 20.7. The highest BCUT2D eigenvalue weighted by molar-refractivity contribution is 5.70. The van der Waals surface area contributed by atoms with Crippen LogP contribution in [0.3, 0.4) is 0 Å². The summed E-state index contributed by atoms with van der Waals surface area (Å²) in [5.41, 5.74) is 2.21. The van der Waals surface area contributed by atoms with Crippen molar-refractivity contribution in [2.75, 3.05) is 31.6 Å². The maximum atomic E-state index is 11.8. The first-order valence-electron chi connectivity index (χ1n) is 9.44. The lowest BCUT2D eigenvalue weighted by Gasteiger charge is -2.23. The smallest absolute Gasteiger partial charge is 0.407 e. The van der Waals surface area contributed by atoms with Crippen LogP contribution in [0.1, 0.15) is 33.3 Å². The van der Waals surface area contributed by atoms with Crippen LogP contribution in [0.25, 0.3) is 11.3 Å². The molecule has 1 amide bonds. The molecule has 1 N–H and O–H groups in total. The Balaban J connectivity index is 2.07. The van der Waals surface area contributed by atoms with Gasteiger partial charge in [0.1, 0.15) is 11.4 Å². The Hall–Kier alpha value is -2.83. The highest BCUT2D eigenvalue weighted by Crippen LogP contribution is 2.30. The number of rotatable bonds is 7. The first-order valence-corrected chi connectivity index (χ1v) is 9.44. The van der Waals surface area contributed by atoms with Crippen molar-refractivity contribution < 1.29 is 14.3 Å². The second-order valence-electron chi connectivity index (χ2n) is 7.44. The molecular weight excluding hydrogens is 356 g/mol. The minimum absolute atomic E-state index is 0.419. The SMILES string of the molecule is CCN(CCNC(=O)OC(C)(C)C)c1cc(C)c(-c2ccccc2OC)nn1. The summed E-state index contributed by atoms with van der Waals surface area (Å²) in [5.74, 6) is 1.53. The summed E-state index contributed by atoms with van der Waals surface area (Å²) in [6.07, 6.45) is -0.419. The van der Waals surface area contributed by atoms with Crippen molar-refractivity contribution in [3.8, 4) is 17.0 Å². The molecule has 0 atom stereocenters. The summed E-state index contributed by atoms with van der Waals surface area (Å²) in [6.45, 7) is 11.4. The molecule has 0 fully saturated rings. The van der Waals surface area contributed by atoms with Gasteiger partial charge in [0.2, 0.25) is 0 Å². The largest absolute Gasteiger partial charge is 0.496 e. The number of benzene rings is 1. The van der Waals surface area contributed by atoms with Crippen LogP contribution in [0.4, 0.5) is 10.6 Å². The van der Waals surface area contributed by atoms with Gasteiger partial charge in [-0.25, -0.2) is 4.79 Å². The highest BCUT2D eigenvalue weighted by Gasteiger charge is 2.17. The molecule has 1 aromatic carbocycles. The molecule has 2 aromatic rings. The van der Waals surface area contributed by atoms with Crippen LogP contribution >= 0.6 is 0 Å². The lowest BCUT2D eigenvalue weighted by Crippen LogP contribution is -2.38. The van der Waals surface area contributed by atoms with Gasteiger partial charge >= 0.3 is 6.09 Å². The van der Waals surface area contributed by atoms with Gasteiger partial charge in [-0.3, -0.25) is 0 Å². The van der Waals surface area contributed by atoms with Crippen LogP contribution in [0, 0.1) is 6.92 Å². The second kappa shape index (κ2) is 9.39. The van der Waals surface area contributed by atoms with E-state index in [2.05, 4.69) is 20.4 Å². The van der Waals surface area contributed by atoms with Crippen LogP contribution in [-0.4, -0.2) is 48.6 Å². The summed E-state index contributed by atoms with van der Waals surface area (Å²) in [4.78, 5) is 13.8. The van der Waals surface area contributed by atoms with Crippen LogP contribution < -0.4 is 15.0 Å². The summed E-state index contributed by atoms with van der Waals surface area (Å²) in [6, 6.07) is 9.76. The molecule has 7 nitrogen and oxygen atoms in total. The Morgan fingerprint density at radius 2 is 1.93 bits per heavy atom. The fraction of sp³-hybridized carbons (Fsp3) is 0.476. The van der Waals surface area contributed by atoms with Crippen molar-refractivity contribution >= 4 is 11.9 Å². The number of aromatic nitrogens is 2. The molecule has 152 valence electrons. The monoisotopic (exact) mass is 386 g/mol. The maximum absolute atomic E-state index is 11.8. The number of aryl methyl sites for hydroxylation is 1. The summed E-state index contributed by atoms with van der Waals surface area (Å²) < 4.78 is 10.7. The molecule has 0 unspecified atom stereocenters. The average Bonchev–Trinajstić information content (AvgIpc) is 2.64. The van der Waals surface area contributed by atoms with E-state index in [1.165, 1.54) is 0 Å². The number of carbonyl (C=O) groups is 1. The van der Waals surface area contributed by atoms with E-state index < -0.39 is 11.7 Å². The van der Waals surface area contributed by atoms with Gasteiger partial charge in [0.05, 0.1) is 12.8 Å². The standard InChI is InChI=1S/C21H30N4O3/c1-7-25(13-12-22-20(26)28-21(3,4)5)18-14-15(2)19(24-23-18)16-10-8-9-11-17(16)27-6/h8-11,14H,7,12-13H2,1-6H3,(H,22,26). The van der Waals surface area contributed by atoms with E-state index in [4.69, 9.17) is 9.47 Å². The summed E-state index contributed by atoms with van der Waals surface area (Å²) >= 11 is 0. The van der Waals surface area contributed by atoms with Gasteiger partial charge in [0.25, 0.3) is 0 Å². The van der Waals surface area contributed by atoms with E-state index in [9.17, 15) is 4.79 Å². The second-order valence-corrected chi connectivity index (χ2v) is 7.44. The number of likely N-dealkylation sites (N-methyl/N-ethyl adjacent to an activating group) is 1. The zero-order valence-corrected chi connectivity index (χ0v) is 17.6. The molecule has 0 aliphatic carbocycles. The Kier molecular flexibility index (Phi) is 7.20. The quantitative estimate of drug-likeness (QED) is 0.780. The van der Waals surface area contributed by atoms with Crippen molar-refractivity contribution in [3.63, 3.8) is 0 Å². The molecule has 0 saturated carbocycles. The minimum atomic E-state index is -0.508. The van der Waals surface area contributed by atoms with E-state index >= 15 is 0 Å². The number of amides is 1. The first kappa shape index (κ1) is 21.5. The number of ether oxygens (including phenoxy) is 2. The van der Waals surface area contributed by atoms with E-state index in [1.54, 1.807) is 7.11 Å². The van der Waals surface area contributed by atoms with Gasteiger partial charge in [0.15, 0.2) is 5.82 Å². The van der Waals surface area contributed by atoms with Gasteiger partial charge in [-0.2, -0.15) is 0 Å². The van der Waals surface area contributed by atoms with Crippen molar-refractivity contribution in [2.45, 2.75) is 40.2 Å². The van der Waals surface area contributed by atoms with Crippen LogP contribution in [-0.2, 0) is 4.74 Å². The molecule has 1 heterocycles. The van der Waals surface area contributed by atoms with Crippen LogP contribution in [0.5, 0.6) is 5.75 Å². The van der Waals surface area contributed by atoms with Crippen molar-refractivity contribution in [2.24, 2.45) is 0 Å². The van der Waals surface area contributed by atoms with Crippen LogP contribution in [0.15, 0.2) is 30.3 Å². The number of methoxy groups -OCH3 is 1. The third-order valence-electron chi connectivity index (χ3n) is 4.09. The normalized spacial score (nSPS) is 11.1. The van der Waals surface area contributed by atoms with Crippen molar-refractivity contribution in [1.82, 2.24) is 15.5 Å². The lowest BCUT2D eigenvalue weighted by molar-refractivity contribution is 0.0529. The summed E-state index contributed by atoms with van der Waals surface area (Å²) in [5, 5.41) is 11.6. The van der Waals surface area contributed by atoms with Crippen molar-refractivity contribution in [1.29, 1.82) is 0 Å². The first-order chi connectivity index (χ1) is 13.2. The molecule has 0 aliphatic heterocycles. The molecular formula is C21H30N4O3. The molecule has 0 spiro atoms. The minimum Gasteiger partial charge on any atom is -0.496 e. The molecule has 28 heavy (non-hydrogen) atoms. The van der Waals surface area contributed by atoms with E-state index in [1.807, 2.05) is 65.0 Å². The third-order valence-corrected chi connectivity index (χ3v) is 4.09. The number of anilines is 1. The van der Waals surface area contributed by atoms with Gasteiger partial charge < -0.3 is 19.7 Å². The van der Waals surface area contributed by atoms with Gasteiger partial charge in [-0.05, 0) is 58.4 Å². The zero-order valence-electron chi connectivity index (χ0n) is 17.6. The number of alkyl carbamates (subject to hydrolysis) is 1. The Morgan fingerprint density at radius 3 is 2.54 bits per heavy atom. The van der Waals surface area contributed by atoms with Gasteiger partial charge in [-0.1, -0.05) is 12.1 Å². The molecule has 0 radical (unpaired) electrons. The average molecular weight is 386 g/mol. The highest BCUT2D eigenvalue weighted by atomic mass is 16.6. The third kappa shape index (κ3) is 5.84.